The van der Waals surface area contributed by atoms with Crippen LogP contribution < -0.4 is 0 Å². The number of rotatable bonds is 3. The summed E-state index contributed by atoms with van der Waals surface area (Å²) in [5.74, 6) is 0.610. The van der Waals surface area contributed by atoms with Crippen molar-refractivity contribution >= 4 is 10.9 Å². The largest absolute Gasteiger partial charge is 0.278 e. The van der Waals surface area contributed by atoms with Crippen molar-refractivity contribution in [1.82, 2.24) is 10.2 Å². The molecule has 1 aromatic heterocycles. The molecule has 0 saturated heterocycles. The average molecular weight is 202 g/mol. The fraction of sp³-hybridized carbons (Fsp3) is 0.462. The van der Waals surface area contributed by atoms with Crippen LogP contribution >= 0.6 is 0 Å². The monoisotopic (exact) mass is 202 g/mol. The van der Waals surface area contributed by atoms with Gasteiger partial charge in [-0.2, -0.15) is 5.10 Å². The molecule has 0 aliphatic heterocycles. The highest BCUT2D eigenvalue weighted by atomic mass is 15.1. The van der Waals surface area contributed by atoms with Gasteiger partial charge in [-0.3, -0.25) is 5.10 Å². The summed E-state index contributed by atoms with van der Waals surface area (Å²) in [5, 5.41) is 8.46. The minimum atomic E-state index is 0.610. The summed E-state index contributed by atoms with van der Waals surface area (Å²) < 4.78 is 0. The zero-order valence-corrected chi connectivity index (χ0v) is 9.67. The lowest BCUT2D eigenvalue weighted by Gasteiger charge is -2.14. The van der Waals surface area contributed by atoms with E-state index in [2.05, 4.69) is 43.1 Å². The lowest BCUT2D eigenvalue weighted by atomic mass is 9.91. The number of nitrogens with zero attached hydrogens (tertiary/aromatic N) is 1. The number of fused-ring (bicyclic) bond motifs is 1. The van der Waals surface area contributed by atoms with Crippen molar-refractivity contribution in [2.75, 3.05) is 0 Å². The van der Waals surface area contributed by atoms with E-state index in [-0.39, 0.29) is 0 Å². The molecule has 0 saturated carbocycles. The minimum Gasteiger partial charge on any atom is -0.278 e. The first-order valence-corrected chi connectivity index (χ1v) is 5.66. The minimum absolute atomic E-state index is 0.610. The van der Waals surface area contributed by atoms with E-state index in [0.717, 1.165) is 0 Å². The van der Waals surface area contributed by atoms with Crippen molar-refractivity contribution in [2.45, 2.75) is 39.5 Å². The average Bonchev–Trinajstić information content (AvgIpc) is 2.65. The van der Waals surface area contributed by atoms with Gasteiger partial charge in [-0.15, -0.1) is 0 Å². The standard InChI is InChI=1S/C13H18N2/c1-4-5-9(2)12-10(3)6-7-11-8-14-15-13(11)12/h6-9H,4-5H2,1-3H3,(H,14,15). The van der Waals surface area contributed by atoms with Crippen LogP contribution in [0, 0.1) is 6.92 Å². The Morgan fingerprint density at radius 1 is 1.40 bits per heavy atom. The van der Waals surface area contributed by atoms with Gasteiger partial charge in [0.1, 0.15) is 0 Å². The Balaban J connectivity index is 2.55. The number of nitrogens with one attached hydrogen (secondary N) is 1. The highest BCUT2D eigenvalue weighted by Crippen LogP contribution is 2.29. The smallest absolute Gasteiger partial charge is 0.0687 e. The van der Waals surface area contributed by atoms with E-state index in [1.807, 2.05) is 6.20 Å². The molecule has 1 aromatic carbocycles. The molecular formula is C13H18N2. The second-order valence-corrected chi connectivity index (χ2v) is 4.32. The van der Waals surface area contributed by atoms with Crippen molar-refractivity contribution in [3.63, 3.8) is 0 Å². The molecular weight excluding hydrogens is 184 g/mol. The third-order valence-corrected chi connectivity index (χ3v) is 3.09. The summed E-state index contributed by atoms with van der Waals surface area (Å²) in [6.45, 7) is 6.72. The summed E-state index contributed by atoms with van der Waals surface area (Å²) in [7, 11) is 0. The Hall–Kier alpha value is -1.31. The zero-order chi connectivity index (χ0) is 10.8. The molecule has 0 fully saturated rings. The zero-order valence-electron chi connectivity index (χ0n) is 9.67. The lowest BCUT2D eigenvalue weighted by Crippen LogP contribution is -1.97. The normalized spacial score (nSPS) is 13.3. The second kappa shape index (κ2) is 4.05. The number of hydrogen-bond donors (Lipinski definition) is 1. The molecule has 1 unspecified atom stereocenters. The summed E-state index contributed by atoms with van der Waals surface area (Å²) in [5.41, 5.74) is 4.02. The van der Waals surface area contributed by atoms with Crippen LogP contribution in [0.4, 0.5) is 0 Å². The number of aryl methyl sites for hydroxylation is 1. The summed E-state index contributed by atoms with van der Waals surface area (Å²) in [6.07, 6.45) is 4.36. The second-order valence-electron chi connectivity index (χ2n) is 4.32. The van der Waals surface area contributed by atoms with Crippen molar-refractivity contribution in [2.24, 2.45) is 0 Å². The molecule has 2 aromatic rings. The number of aromatic amines is 1. The van der Waals surface area contributed by atoms with E-state index in [9.17, 15) is 0 Å². The molecule has 1 heterocycles. The van der Waals surface area contributed by atoms with Crippen molar-refractivity contribution in [3.05, 3.63) is 29.5 Å². The van der Waals surface area contributed by atoms with Crippen LogP contribution in [-0.2, 0) is 0 Å². The molecule has 0 spiro atoms. The van der Waals surface area contributed by atoms with Gasteiger partial charge >= 0.3 is 0 Å². The molecule has 1 atom stereocenters. The number of benzene rings is 1. The van der Waals surface area contributed by atoms with Gasteiger partial charge in [0.2, 0.25) is 0 Å². The summed E-state index contributed by atoms with van der Waals surface area (Å²) in [6, 6.07) is 4.33. The lowest BCUT2D eigenvalue weighted by molar-refractivity contribution is 0.664. The van der Waals surface area contributed by atoms with Crippen LogP contribution in [0.2, 0.25) is 0 Å². The van der Waals surface area contributed by atoms with E-state index in [4.69, 9.17) is 0 Å². The van der Waals surface area contributed by atoms with E-state index < -0.39 is 0 Å². The van der Waals surface area contributed by atoms with Gasteiger partial charge in [-0.25, -0.2) is 0 Å². The first-order valence-electron chi connectivity index (χ1n) is 5.66. The quantitative estimate of drug-likeness (QED) is 0.806. The fourth-order valence-corrected chi connectivity index (χ4v) is 2.35. The molecule has 0 radical (unpaired) electrons. The van der Waals surface area contributed by atoms with E-state index in [0.29, 0.717) is 5.92 Å². The van der Waals surface area contributed by atoms with E-state index in [1.165, 1.54) is 34.9 Å². The van der Waals surface area contributed by atoms with Crippen molar-refractivity contribution < 1.29 is 0 Å². The van der Waals surface area contributed by atoms with E-state index in [1.54, 1.807) is 0 Å². The Kier molecular flexibility index (Phi) is 2.76. The van der Waals surface area contributed by atoms with Crippen LogP contribution in [0.5, 0.6) is 0 Å². The molecule has 0 aliphatic rings. The van der Waals surface area contributed by atoms with Crippen LogP contribution in [0.3, 0.4) is 0 Å². The maximum Gasteiger partial charge on any atom is 0.0687 e. The van der Waals surface area contributed by atoms with Crippen LogP contribution in [0.25, 0.3) is 10.9 Å². The van der Waals surface area contributed by atoms with Crippen molar-refractivity contribution in [1.29, 1.82) is 0 Å². The van der Waals surface area contributed by atoms with Crippen LogP contribution in [-0.4, -0.2) is 10.2 Å². The molecule has 15 heavy (non-hydrogen) atoms. The highest BCUT2D eigenvalue weighted by Gasteiger charge is 2.12. The summed E-state index contributed by atoms with van der Waals surface area (Å²) in [4.78, 5) is 0. The predicted molar refractivity (Wildman–Crippen MR) is 64.2 cm³/mol. The third-order valence-electron chi connectivity index (χ3n) is 3.09. The third kappa shape index (κ3) is 1.76. The predicted octanol–water partition coefficient (Wildman–Crippen LogP) is 3.77. The molecule has 0 aliphatic carbocycles. The first kappa shape index (κ1) is 10.2. The topological polar surface area (TPSA) is 28.7 Å². The van der Waals surface area contributed by atoms with E-state index >= 15 is 0 Å². The number of H-pyrrole nitrogens is 1. The Morgan fingerprint density at radius 2 is 2.20 bits per heavy atom. The Morgan fingerprint density at radius 3 is 2.93 bits per heavy atom. The van der Waals surface area contributed by atoms with Crippen LogP contribution in [0.1, 0.15) is 43.7 Å². The maximum absolute atomic E-state index is 4.12. The van der Waals surface area contributed by atoms with Gasteiger partial charge in [0.15, 0.2) is 0 Å². The molecule has 1 N–H and O–H groups in total. The van der Waals surface area contributed by atoms with Gasteiger partial charge in [-0.1, -0.05) is 32.4 Å². The molecule has 0 bridgehead atoms. The van der Waals surface area contributed by atoms with Gasteiger partial charge < -0.3 is 0 Å². The van der Waals surface area contributed by atoms with Gasteiger partial charge in [0, 0.05) is 5.39 Å². The van der Waals surface area contributed by atoms with Gasteiger partial charge in [0.25, 0.3) is 0 Å². The molecule has 2 nitrogen and oxygen atoms in total. The first-order chi connectivity index (χ1) is 7.24. The molecule has 2 rings (SSSR count). The Labute approximate surface area is 90.7 Å². The SMILES string of the molecule is CCCC(C)c1c(C)ccc2cn[nH]c12. The highest BCUT2D eigenvalue weighted by molar-refractivity contribution is 5.82. The van der Waals surface area contributed by atoms with Gasteiger partial charge in [0.05, 0.1) is 11.7 Å². The Bertz CT molecular complexity index is 457. The maximum atomic E-state index is 4.12. The fourth-order valence-electron chi connectivity index (χ4n) is 2.35. The van der Waals surface area contributed by atoms with Crippen molar-refractivity contribution in [3.8, 4) is 0 Å². The van der Waals surface area contributed by atoms with Crippen LogP contribution in [0.15, 0.2) is 18.3 Å². The summed E-state index contributed by atoms with van der Waals surface area (Å²) >= 11 is 0. The molecule has 2 heteroatoms. The number of hydrogen-bond acceptors (Lipinski definition) is 1. The number of aromatic nitrogens is 2. The molecule has 0 amide bonds. The molecule has 80 valence electrons. The van der Waals surface area contributed by atoms with Gasteiger partial charge in [-0.05, 0) is 30.4 Å².